The SMILES string of the molecule is c1ccc(-c2cc(-c3ccccc3)cc(N(c3ccc(-c4ccccc4-c4ccccc4)cc3)c3ccccc3-c3cccc(-c4cccc5c4c4ccccc4n5-c4ccccc4)c3)c2)cc1. The largest absolute Gasteiger partial charge is 0.310 e. The van der Waals surface area contributed by atoms with Crippen molar-refractivity contribution in [1.29, 1.82) is 0 Å². The highest BCUT2D eigenvalue weighted by atomic mass is 15.1. The molecule has 0 spiro atoms. The molecule has 0 bridgehead atoms. The Morgan fingerprint density at radius 3 is 1.34 bits per heavy atom. The zero-order valence-electron chi connectivity index (χ0n) is 37.5. The molecule has 0 aliphatic carbocycles. The standard InChI is InChI=1S/C66H46N2/c1-5-21-47(22-6-1)53-44-54(48-23-7-2-8-24-48)46-57(45-53)67(56-41-39-50(40-42-56)59-32-14-13-31-58(59)49-25-9-3-10-26-49)63-36-17-15-33-60(63)51-27-19-28-52(43-51)61-35-20-38-65-66(61)62-34-16-18-37-64(62)68(65)55-29-11-4-12-30-55/h1-46H. The Hall–Kier alpha value is -8.98. The van der Waals surface area contributed by atoms with Crippen molar-refractivity contribution < 1.29 is 0 Å². The minimum Gasteiger partial charge on any atom is -0.310 e. The zero-order chi connectivity index (χ0) is 45.2. The van der Waals surface area contributed by atoms with Crippen LogP contribution in [0.3, 0.4) is 0 Å². The molecule has 0 saturated carbocycles. The van der Waals surface area contributed by atoms with E-state index in [2.05, 4.69) is 289 Å². The first-order chi connectivity index (χ1) is 33.7. The van der Waals surface area contributed by atoms with Crippen LogP contribution >= 0.6 is 0 Å². The molecule has 12 aromatic rings. The fraction of sp³-hybridized carbons (Fsp3) is 0. The molecule has 68 heavy (non-hydrogen) atoms. The molecule has 1 aromatic heterocycles. The van der Waals surface area contributed by atoms with E-state index in [1.165, 1.54) is 66.3 Å². The van der Waals surface area contributed by atoms with Crippen molar-refractivity contribution in [2.45, 2.75) is 0 Å². The molecule has 320 valence electrons. The minimum absolute atomic E-state index is 1.07. The maximum atomic E-state index is 2.45. The lowest BCUT2D eigenvalue weighted by Gasteiger charge is -2.29. The van der Waals surface area contributed by atoms with Crippen LogP contribution in [0.2, 0.25) is 0 Å². The van der Waals surface area contributed by atoms with Gasteiger partial charge in [-0.3, -0.25) is 0 Å². The lowest BCUT2D eigenvalue weighted by atomic mass is 9.93. The lowest BCUT2D eigenvalue weighted by Crippen LogP contribution is -2.11. The number of hydrogen-bond donors (Lipinski definition) is 0. The van der Waals surface area contributed by atoms with Crippen molar-refractivity contribution >= 4 is 38.9 Å². The quantitative estimate of drug-likeness (QED) is 0.133. The lowest BCUT2D eigenvalue weighted by molar-refractivity contribution is 1.18. The molecule has 0 aliphatic heterocycles. The van der Waals surface area contributed by atoms with Crippen molar-refractivity contribution in [3.63, 3.8) is 0 Å². The molecule has 12 rings (SSSR count). The Bertz CT molecular complexity index is 3650. The van der Waals surface area contributed by atoms with Gasteiger partial charge >= 0.3 is 0 Å². The van der Waals surface area contributed by atoms with Crippen LogP contribution < -0.4 is 4.90 Å². The second kappa shape index (κ2) is 17.8. The maximum Gasteiger partial charge on any atom is 0.0547 e. The smallest absolute Gasteiger partial charge is 0.0547 e. The fourth-order valence-corrected chi connectivity index (χ4v) is 10.0. The second-order valence-electron chi connectivity index (χ2n) is 17.3. The van der Waals surface area contributed by atoms with Crippen LogP contribution in [0.5, 0.6) is 0 Å². The maximum absolute atomic E-state index is 2.45. The van der Waals surface area contributed by atoms with Gasteiger partial charge in [-0.15, -0.1) is 0 Å². The third-order valence-corrected chi connectivity index (χ3v) is 13.2. The summed E-state index contributed by atoms with van der Waals surface area (Å²) in [6, 6.07) is 101. The van der Waals surface area contributed by atoms with Gasteiger partial charge in [0.1, 0.15) is 0 Å². The average molecular weight is 867 g/mol. The summed E-state index contributed by atoms with van der Waals surface area (Å²) in [6.45, 7) is 0. The third kappa shape index (κ3) is 7.54. The van der Waals surface area contributed by atoms with Gasteiger partial charge in [0.15, 0.2) is 0 Å². The Kier molecular flexibility index (Phi) is 10.6. The number of benzene rings is 11. The van der Waals surface area contributed by atoms with Crippen LogP contribution in [0.25, 0.3) is 94.3 Å². The topological polar surface area (TPSA) is 8.17 Å². The monoisotopic (exact) mass is 866 g/mol. The summed E-state index contributed by atoms with van der Waals surface area (Å²) in [7, 11) is 0. The first kappa shape index (κ1) is 40.5. The summed E-state index contributed by atoms with van der Waals surface area (Å²) < 4.78 is 2.39. The van der Waals surface area contributed by atoms with Gasteiger partial charge in [0.05, 0.1) is 16.7 Å². The van der Waals surface area contributed by atoms with Crippen molar-refractivity contribution in [2.75, 3.05) is 4.90 Å². The molecule has 2 heteroatoms. The number of hydrogen-bond acceptors (Lipinski definition) is 1. The predicted molar refractivity (Wildman–Crippen MR) is 288 cm³/mol. The Labute approximate surface area is 397 Å². The Morgan fingerprint density at radius 2 is 0.691 bits per heavy atom. The van der Waals surface area contributed by atoms with Crippen molar-refractivity contribution in [2.24, 2.45) is 0 Å². The molecule has 0 radical (unpaired) electrons. The van der Waals surface area contributed by atoms with Gasteiger partial charge in [0.25, 0.3) is 0 Å². The average Bonchev–Trinajstić information content (AvgIpc) is 3.77. The number of fused-ring (bicyclic) bond motifs is 3. The number of nitrogens with zero attached hydrogens (tertiary/aromatic N) is 2. The first-order valence-electron chi connectivity index (χ1n) is 23.3. The van der Waals surface area contributed by atoms with Gasteiger partial charge in [-0.2, -0.15) is 0 Å². The first-order valence-corrected chi connectivity index (χ1v) is 23.3. The molecular formula is C66H46N2. The normalized spacial score (nSPS) is 11.2. The summed E-state index contributed by atoms with van der Waals surface area (Å²) >= 11 is 0. The summed E-state index contributed by atoms with van der Waals surface area (Å²) in [5.74, 6) is 0. The summed E-state index contributed by atoms with van der Waals surface area (Å²) in [6.07, 6.45) is 0. The molecule has 0 N–H and O–H groups in total. The Balaban J connectivity index is 1.04. The van der Waals surface area contributed by atoms with Gasteiger partial charge < -0.3 is 9.47 Å². The highest BCUT2D eigenvalue weighted by Crippen LogP contribution is 2.46. The van der Waals surface area contributed by atoms with E-state index in [1.54, 1.807) is 0 Å². The van der Waals surface area contributed by atoms with Crippen molar-refractivity contribution in [3.8, 4) is 72.4 Å². The molecule has 0 atom stereocenters. The highest BCUT2D eigenvalue weighted by Gasteiger charge is 2.21. The van der Waals surface area contributed by atoms with E-state index in [0.717, 1.165) is 45.0 Å². The van der Waals surface area contributed by atoms with E-state index in [0.29, 0.717) is 0 Å². The molecule has 0 fully saturated rings. The molecule has 1 heterocycles. The zero-order valence-corrected chi connectivity index (χ0v) is 37.5. The van der Waals surface area contributed by atoms with E-state index in [-0.39, 0.29) is 0 Å². The van der Waals surface area contributed by atoms with Crippen LogP contribution in [0.4, 0.5) is 17.1 Å². The van der Waals surface area contributed by atoms with Gasteiger partial charge in [-0.05, 0) is 128 Å². The van der Waals surface area contributed by atoms with E-state index in [1.807, 2.05) is 0 Å². The molecular weight excluding hydrogens is 821 g/mol. The number of para-hydroxylation sites is 3. The van der Waals surface area contributed by atoms with Crippen LogP contribution in [0, 0.1) is 0 Å². The van der Waals surface area contributed by atoms with Gasteiger partial charge in [0, 0.05) is 33.4 Å². The summed E-state index contributed by atoms with van der Waals surface area (Å²) in [4.78, 5) is 2.45. The van der Waals surface area contributed by atoms with E-state index in [9.17, 15) is 0 Å². The van der Waals surface area contributed by atoms with Crippen molar-refractivity contribution in [3.05, 3.63) is 279 Å². The van der Waals surface area contributed by atoms with E-state index >= 15 is 0 Å². The predicted octanol–water partition coefficient (Wildman–Crippen LogP) is 18.3. The number of aromatic nitrogens is 1. The minimum atomic E-state index is 1.07. The van der Waals surface area contributed by atoms with Crippen molar-refractivity contribution in [1.82, 2.24) is 4.57 Å². The van der Waals surface area contributed by atoms with Crippen LogP contribution in [-0.4, -0.2) is 4.57 Å². The second-order valence-corrected chi connectivity index (χ2v) is 17.3. The van der Waals surface area contributed by atoms with E-state index < -0.39 is 0 Å². The fourth-order valence-electron chi connectivity index (χ4n) is 10.0. The van der Waals surface area contributed by atoms with Gasteiger partial charge in [-0.1, -0.05) is 212 Å². The third-order valence-electron chi connectivity index (χ3n) is 13.2. The summed E-state index contributed by atoms with van der Waals surface area (Å²) in [5, 5.41) is 2.49. The number of rotatable bonds is 10. The molecule has 0 unspecified atom stereocenters. The highest BCUT2D eigenvalue weighted by molar-refractivity contribution is 6.16. The number of anilines is 3. The van der Waals surface area contributed by atoms with Crippen LogP contribution in [0.15, 0.2) is 279 Å². The van der Waals surface area contributed by atoms with Gasteiger partial charge in [0.2, 0.25) is 0 Å². The van der Waals surface area contributed by atoms with Gasteiger partial charge in [-0.25, -0.2) is 0 Å². The van der Waals surface area contributed by atoms with Crippen LogP contribution in [0.1, 0.15) is 0 Å². The van der Waals surface area contributed by atoms with Crippen LogP contribution in [-0.2, 0) is 0 Å². The Morgan fingerprint density at radius 1 is 0.250 bits per heavy atom. The van der Waals surface area contributed by atoms with E-state index in [4.69, 9.17) is 0 Å². The summed E-state index contributed by atoms with van der Waals surface area (Å²) in [5.41, 5.74) is 20.9. The molecule has 11 aromatic carbocycles. The molecule has 0 saturated heterocycles. The molecule has 0 aliphatic rings. The molecule has 2 nitrogen and oxygen atoms in total. The molecule has 0 amide bonds.